The van der Waals surface area contributed by atoms with E-state index in [1.807, 2.05) is 6.92 Å². The molecule has 1 amide bonds. The number of aryl methyl sites for hydroxylation is 1. The van der Waals surface area contributed by atoms with Crippen LogP contribution < -0.4 is 10.0 Å². The average Bonchev–Trinajstić information content (AvgIpc) is 2.58. The molecule has 5 nitrogen and oxygen atoms in total. The van der Waals surface area contributed by atoms with E-state index in [0.29, 0.717) is 0 Å². The summed E-state index contributed by atoms with van der Waals surface area (Å²) in [4.78, 5) is 12.0. The van der Waals surface area contributed by atoms with Crippen LogP contribution in [-0.2, 0) is 16.4 Å². The van der Waals surface area contributed by atoms with Gasteiger partial charge in [0.1, 0.15) is 5.82 Å². The zero-order valence-electron chi connectivity index (χ0n) is 13.3. The van der Waals surface area contributed by atoms with Gasteiger partial charge in [-0.1, -0.05) is 25.1 Å². The number of benzene rings is 2. The summed E-state index contributed by atoms with van der Waals surface area (Å²) in [6, 6.07) is 11.9. The second kappa shape index (κ2) is 8.03. The Bertz CT molecular complexity index is 805. The minimum absolute atomic E-state index is 0.0406. The number of sulfonamides is 1. The molecule has 0 unspecified atom stereocenters. The minimum Gasteiger partial charge on any atom is -0.351 e. The highest BCUT2D eigenvalue weighted by Crippen LogP contribution is 2.10. The summed E-state index contributed by atoms with van der Waals surface area (Å²) in [5.74, 6) is -0.958. The predicted molar refractivity (Wildman–Crippen MR) is 89.7 cm³/mol. The summed E-state index contributed by atoms with van der Waals surface area (Å²) in [5, 5.41) is 2.54. The molecule has 128 valence electrons. The number of nitrogens with one attached hydrogen (secondary N) is 2. The van der Waals surface area contributed by atoms with Crippen LogP contribution in [0.15, 0.2) is 53.4 Å². The van der Waals surface area contributed by atoms with Gasteiger partial charge in [-0.2, -0.15) is 0 Å². The van der Waals surface area contributed by atoms with Crippen molar-refractivity contribution in [3.63, 3.8) is 0 Å². The topological polar surface area (TPSA) is 75.3 Å². The molecule has 0 aliphatic heterocycles. The van der Waals surface area contributed by atoms with E-state index in [4.69, 9.17) is 0 Å². The molecule has 0 fully saturated rings. The smallest absolute Gasteiger partial charge is 0.251 e. The van der Waals surface area contributed by atoms with E-state index in [9.17, 15) is 17.6 Å². The Labute approximate surface area is 141 Å². The first kappa shape index (κ1) is 18.1. The number of halogens is 1. The summed E-state index contributed by atoms with van der Waals surface area (Å²) < 4.78 is 39.7. The number of rotatable bonds is 7. The van der Waals surface area contributed by atoms with Gasteiger partial charge < -0.3 is 5.32 Å². The third kappa shape index (κ3) is 4.87. The fraction of sp³-hybridized carbons (Fsp3) is 0.235. The van der Waals surface area contributed by atoms with Crippen LogP contribution >= 0.6 is 0 Å². The van der Waals surface area contributed by atoms with Crippen LogP contribution in [0.3, 0.4) is 0 Å². The molecule has 7 heteroatoms. The van der Waals surface area contributed by atoms with Crippen molar-refractivity contribution < 1.29 is 17.6 Å². The Hall–Kier alpha value is -2.25. The lowest BCUT2D eigenvalue weighted by atomic mass is 10.2. The lowest BCUT2D eigenvalue weighted by Gasteiger charge is -2.09. The summed E-state index contributed by atoms with van der Waals surface area (Å²) in [6.07, 6.45) is 0.833. The monoisotopic (exact) mass is 350 g/mol. The van der Waals surface area contributed by atoms with Crippen LogP contribution in [0.4, 0.5) is 4.39 Å². The second-order valence-electron chi connectivity index (χ2n) is 5.16. The molecule has 0 radical (unpaired) electrons. The van der Waals surface area contributed by atoms with Gasteiger partial charge in [0.15, 0.2) is 0 Å². The van der Waals surface area contributed by atoms with Crippen molar-refractivity contribution in [2.24, 2.45) is 0 Å². The summed E-state index contributed by atoms with van der Waals surface area (Å²) in [7, 11) is -3.62. The van der Waals surface area contributed by atoms with Gasteiger partial charge in [-0.05, 0) is 42.3 Å². The van der Waals surface area contributed by atoms with Crippen molar-refractivity contribution in [1.29, 1.82) is 0 Å². The van der Waals surface area contributed by atoms with Gasteiger partial charge in [-0.25, -0.2) is 17.5 Å². The van der Waals surface area contributed by atoms with Crippen molar-refractivity contribution in [2.75, 3.05) is 13.1 Å². The number of hydrogen-bond acceptors (Lipinski definition) is 3. The molecule has 2 aromatic rings. The maximum Gasteiger partial charge on any atom is 0.251 e. The molecule has 2 aromatic carbocycles. The molecule has 2 rings (SSSR count). The van der Waals surface area contributed by atoms with Gasteiger partial charge in [-0.3, -0.25) is 4.79 Å². The largest absolute Gasteiger partial charge is 0.351 e. The number of amides is 1. The Morgan fingerprint density at radius 3 is 2.42 bits per heavy atom. The third-order valence-corrected chi connectivity index (χ3v) is 4.91. The van der Waals surface area contributed by atoms with E-state index in [1.165, 1.54) is 18.2 Å². The van der Waals surface area contributed by atoms with Crippen molar-refractivity contribution in [2.45, 2.75) is 18.2 Å². The number of hydrogen-bond donors (Lipinski definition) is 2. The van der Waals surface area contributed by atoms with Crippen LogP contribution in [0.1, 0.15) is 22.8 Å². The molecular weight excluding hydrogens is 331 g/mol. The minimum atomic E-state index is -3.62. The van der Waals surface area contributed by atoms with Crippen LogP contribution in [0.2, 0.25) is 0 Å². The highest BCUT2D eigenvalue weighted by atomic mass is 32.2. The van der Waals surface area contributed by atoms with Gasteiger partial charge in [-0.15, -0.1) is 0 Å². The maximum atomic E-state index is 13.0. The lowest BCUT2D eigenvalue weighted by molar-refractivity contribution is 0.0954. The van der Waals surface area contributed by atoms with Crippen LogP contribution in [0.5, 0.6) is 0 Å². The Morgan fingerprint density at radius 1 is 1.08 bits per heavy atom. The number of carbonyl (C=O) groups excluding carboxylic acids is 1. The van der Waals surface area contributed by atoms with Gasteiger partial charge in [0, 0.05) is 18.7 Å². The molecule has 0 atom stereocenters. The first-order chi connectivity index (χ1) is 11.4. The normalized spacial score (nSPS) is 11.2. The fourth-order valence-electron chi connectivity index (χ4n) is 2.08. The standard InChI is InChI=1S/C17H19FN2O3S/c1-2-13-6-8-16(9-7-13)24(22,23)20-11-10-19-17(21)14-4-3-5-15(18)12-14/h3-9,12,20H,2,10-11H2,1H3,(H,19,21). The molecule has 0 heterocycles. The van der Waals surface area contributed by atoms with E-state index < -0.39 is 21.7 Å². The molecule has 0 saturated carbocycles. The molecule has 0 bridgehead atoms. The third-order valence-electron chi connectivity index (χ3n) is 3.43. The SMILES string of the molecule is CCc1ccc(S(=O)(=O)NCCNC(=O)c2cccc(F)c2)cc1. The quantitative estimate of drug-likeness (QED) is 0.751. The molecule has 24 heavy (non-hydrogen) atoms. The van der Waals surface area contributed by atoms with E-state index in [0.717, 1.165) is 18.1 Å². The summed E-state index contributed by atoms with van der Waals surface area (Å²) >= 11 is 0. The van der Waals surface area contributed by atoms with Crippen LogP contribution in [0, 0.1) is 5.82 Å². The molecule has 0 aliphatic carbocycles. The molecule has 0 aliphatic rings. The maximum absolute atomic E-state index is 13.0. The Balaban J connectivity index is 1.85. The molecule has 0 aromatic heterocycles. The molecule has 0 saturated heterocycles. The lowest BCUT2D eigenvalue weighted by Crippen LogP contribution is -2.34. The number of carbonyl (C=O) groups is 1. The van der Waals surface area contributed by atoms with Crippen molar-refractivity contribution >= 4 is 15.9 Å². The van der Waals surface area contributed by atoms with Gasteiger partial charge in [0.25, 0.3) is 5.91 Å². The summed E-state index contributed by atoms with van der Waals surface area (Å²) in [5.41, 5.74) is 1.24. The molecule has 2 N–H and O–H groups in total. The van der Waals surface area contributed by atoms with E-state index in [1.54, 1.807) is 24.3 Å². The fourth-order valence-corrected chi connectivity index (χ4v) is 3.11. The van der Waals surface area contributed by atoms with E-state index >= 15 is 0 Å². The van der Waals surface area contributed by atoms with E-state index in [2.05, 4.69) is 10.0 Å². The Kier molecular flexibility index (Phi) is 6.05. The predicted octanol–water partition coefficient (Wildman–Crippen LogP) is 2.10. The highest BCUT2D eigenvalue weighted by molar-refractivity contribution is 7.89. The molecular formula is C17H19FN2O3S. The van der Waals surface area contributed by atoms with Gasteiger partial charge >= 0.3 is 0 Å². The average molecular weight is 350 g/mol. The highest BCUT2D eigenvalue weighted by Gasteiger charge is 2.13. The van der Waals surface area contributed by atoms with Crippen molar-refractivity contribution in [3.05, 3.63) is 65.5 Å². The molecule has 0 spiro atoms. The van der Waals surface area contributed by atoms with Crippen LogP contribution in [-0.4, -0.2) is 27.4 Å². The first-order valence-electron chi connectivity index (χ1n) is 7.55. The first-order valence-corrected chi connectivity index (χ1v) is 9.03. The zero-order valence-corrected chi connectivity index (χ0v) is 14.1. The Morgan fingerprint density at radius 2 is 1.79 bits per heavy atom. The second-order valence-corrected chi connectivity index (χ2v) is 6.93. The zero-order chi connectivity index (χ0) is 17.6. The van der Waals surface area contributed by atoms with Gasteiger partial charge in [0.2, 0.25) is 10.0 Å². The van der Waals surface area contributed by atoms with Crippen LogP contribution in [0.25, 0.3) is 0 Å². The van der Waals surface area contributed by atoms with E-state index in [-0.39, 0.29) is 23.5 Å². The van der Waals surface area contributed by atoms with Crippen molar-refractivity contribution in [1.82, 2.24) is 10.0 Å². The van der Waals surface area contributed by atoms with Gasteiger partial charge in [0.05, 0.1) is 4.90 Å². The summed E-state index contributed by atoms with van der Waals surface area (Å²) in [6.45, 7) is 2.13. The van der Waals surface area contributed by atoms with Crippen molar-refractivity contribution in [3.8, 4) is 0 Å².